The number of likely N-dealkylation sites (tertiary alicyclic amines) is 1. The zero-order chi connectivity index (χ0) is 24.5. The molecule has 2 aliphatic heterocycles. The van der Waals surface area contributed by atoms with Crippen molar-refractivity contribution in [2.75, 3.05) is 39.3 Å². The highest BCUT2D eigenvalue weighted by atomic mass is 32.1. The molecule has 0 saturated carbocycles. The molecule has 0 atom stereocenters. The van der Waals surface area contributed by atoms with Crippen LogP contribution in [0, 0.1) is 0 Å². The van der Waals surface area contributed by atoms with Crippen LogP contribution in [0.3, 0.4) is 0 Å². The summed E-state index contributed by atoms with van der Waals surface area (Å²) >= 11 is 1.51. The van der Waals surface area contributed by atoms with Crippen molar-refractivity contribution in [1.82, 2.24) is 14.7 Å². The van der Waals surface area contributed by atoms with Crippen molar-refractivity contribution in [1.29, 1.82) is 0 Å². The van der Waals surface area contributed by atoms with Gasteiger partial charge in [0.05, 0.1) is 4.88 Å². The molecule has 2 aromatic rings. The number of fused-ring (bicyclic) bond motifs is 1. The van der Waals surface area contributed by atoms with Gasteiger partial charge in [-0.3, -0.25) is 4.79 Å². The lowest BCUT2D eigenvalue weighted by atomic mass is 10.1. The highest BCUT2D eigenvalue weighted by Crippen LogP contribution is 2.31. The van der Waals surface area contributed by atoms with Gasteiger partial charge < -0.3 is 24.2 Å². The SMILES string of the molecule is CC(C)N1CCC(Oc2ccc3sc(C(=O)N4CCN(C(=O)OC(C)(C)C)CC4)cc3c2)CC1. The third-order valence-corrected chi connectivity index (χ3v) is 7.53. The molecule has 2 fully saturated rings. The highest BCUT2D eigenvalue weighted by molar-refractivity contribution is 7.20. The van der Waals surface area contributed by atoms with E-state index in [2.05, 4.69) is 30.9 Å². The molecule has 2 aliphatic rings. The van der Waals surface area contributed by atoms with Gasteiger partial charge in [-0.05, 0) is 77.1 Å². The van der Waals surface area contributed by atoms with E-state index in [0.717, 1.165) is 46.6 Å². The maximum Gasteiger partial charge on any atom is 0.410 e. The Labute approximate surface area is 206 Å². The summed E-state index contributed by atoms with van der Waals surface area (Å²) in [5.74, 6) is 0.895. The predicted octanol–water partition coefficient (Wildman–Crippen LogP) is 4.85. The number of carbonyl (C=O) groups is 2. The molecule has 0 bridgehead atoms. The second-order valence-corrected chi connectivity index (χ2v) is 11.6. The Morgan fingerprint density at radius 1 is 0.971 bits per heavy atom. The minimum atomic E-state index is -0.519. The highest BCUT2D eigenvalue weighted by Gasteiger charge is 2.29. The van der Waals surface area contributed by atoms with Gasteiger partial charge in [-0.25, -0.2) is 4.79 Å². The molecular formula is C26H37N3O4S. The van der Waals surface area contributed by atoms with Gasteiger partial charge in [0, 0.05) is 50.0 Å². The van der Waals surface area contributed by atoms with Crippen LogP contribution in [-0.2, 0) is 4.74 Å². The fraction of sp³-hybridized carbons (Fsp3) is 0.615. The van der Waals surface area contributed by atoms with Crippen LogP contribution in [0.1, 0.15) is 57.1 Å². The average Bonchev–Trinajstić information content (AvgIpc) is 3.21. The van der Waals surface area contributed by atoms with Gasteiger partial charge in [0.25, 0.3) is 5.91 Å². The van der Waals surface area contributed by atoms with Crippen molar-refractivity contribution in [2.45, 2.75) is 65.2 Å². The number of ether oxygens (including phenoxy) is 2. The van der Waals surface area contributed by atoms with Crippen LogP contribution in [0.2, 0.25) is 0 Å². The first kappa shape index (κ1) is 24.8. The molecule has 2 amide bonds. The lowest BCUT2D eigenvalue weighted by molar-refractivity contribution is 0.0141. The number of rotatable bonds is 4. The number of carbonyl (C=O) groups excluding carboxylic acids is 2. The summed E-state index contributed by atoms with van der Waals surface area (Å²) < 4.78 is 12.8. The molecule has 34 heavy (non-hydrogen) atoms. The maximum absolute atomic E-state index is 13.1. The molecule has 8 heteroatoms. The molecule has 3 heterocycles. The van der Waals surface area contributed by atoms with Crippen molar-refractivity contribution in [3.05, 3.63) is 29.1 Å². The normalized spacial score (nSPS) is 18.5. The number of amides is 2. The van der Waals surface area contributed by atoms with E-state index in [-0.39, 0.29) is 18.1 Å². The summed E-state index contributed by atoms with van der Waals surface area (Å²) in [5.41, 5.74) is -0.519. The number of thiophene rings is 1. The van der Waals surface area contributed by atoms with Crippen molar-refractivity contribution >= 4 is 33.4 Å². The van der Waals surface area contributed by atoms with E-state index in [1.807, 2.05) is 37.8 Å². The van der Waals surface area contributed by atoms with Crippen LogP contribution in [-0.4, -0.2) is 83.7 Å². The predicted molar refractivity (Wildman–Crippen MR) is 136 cm³/mol. The van der Waals surface area contributed by atoms with Crippen molar-refractivity contribution in [3.8, 4) is 5.75 Å². The minimum Gasteiger partial charge on any atom is -0.490 e. The third kappa shape index (κ3) is 6.02. The largest absolute Gasteiger partial charge is 0.490 e. The Hall–Kier alpha value is -2.32. The molecule has 0 radical (unpaired) electrons. The minimum absolute atomic E-state index is 0.0218. The summed E-state index contributed by atoms with van der Waals surface area (Å²) in [4.78, 5) is 32.1. The Morgan fingerprint density at radius 3 is 2.24 bits per heavy atom. The van der Waals surface area contributed by atoms with Crippen molar-refractivity contribution in [3.63, 3.8) is 0 Å². The van der Waals surface area contributed by atoms with E-state index in [4.69, 9.17) is 9.47 Å². The zero-order valence-corrected chi connectivity index (χ0v) is 21.8. The average molecular weight is 488 g/mol. The Kier molecular flexibility index (Phi) is 7.38. The number of benzene rings is 1. The van der Waals surface area contributed by atoms with Gasteiger partial charge >= 0.3 is 6.09 Å². The van der Waals surface area contributed by atoms with E-state index < -0.39 is 5.60 Å². The van der Waals surface area contributed by atoms with E-state index >= 15 is 0 Å². The molecule has 0 unspecified atom stereocenters. The summed E-state index contributed by atoms with van der Waals surface area (Å²) in [6.45, 7) is 14.2. The summed E-state index contributed by atoms with van der Waals surface area (Å²) in [7, 11) is 0. The van der Waals surface area contributed by atoms with E-state index in [1.54, 1.807) is 4.90 Å². The number of piperidine rings is 1. The molecule has 4 rings (SSSR count). The standard InChI is InChI=1S/C26H37N3O4S/c1-18(2)27-10-8-20(9-11-27)32-21-6-7-22-19(16-21)17-23(34-22)24(30)28-12-14-29(15-13-28)25(31)33-26(3,4)5/h6-7,16-18,20H,8-15H2,1-5H3. The molecule has 1 aromatic carbocycles. The Bertz CT molecular complexity index is 1010. The number of piperazine rings is 1. The third-order valence-electron chi connectivity index (χ3n) is 6.43. The monoisotopic (exact) mass is 487 g/mol. The summed E-state index contributed by atoms with van der Waals surface area (Å²) in [6.07, 6.45) is 2.01. The second kappa shape index (κ2) is 10.1. The molecule has 7 nitrogen and oxygen atoms in total. The van der Waals surface area contributed by atoms with Crippen molar-refractivity contribution < 1.29 is 19.1 Å². The molecule has 0 N–H and O–H groups in total. The number of hydrogen-bond donors (Lipinski definition) is 0. The van der Waals surface area contributed by atoms with Gasteiger partial charge in [-0.1, -0.05) is 0 Å². The fourth-order valence-electron chi connectivity index (χ4n) is 4.48. The quantitative estimate of drug-likeness (QED) is 0.617. The molecule has 2 saturated heterocycles. The van der Waals surface area contributed by atoms with Crippen LogP contribution < -0.4 is 4.74 Å². The molecule has 186 valence electrons. The Balaban J connectivity index is 1.34. The van der Waals surface area contributed by atoms with Gasteiger partial charge in [-0.2, -0.15) is 0 Å². The van der Waals surface area contributed by atoms with Crippen molar-refractivity contribution in [2.24, 2.45) is 0 Å². The number of hydrogen-bond acceptors (Lipinski definition) is 6. The zero-order valence-electron chi connectivity index (χ0n) is 21.0. The summed E-state index contributed by atoms with van der Waals surface area (Å²) in [6, 6.07) is 8.67. The van der Waals surface area contributed by atoms with E-state index in [9.17, 15) is 9.59 Å². The lowest BCUT2D eigenvalue weighted by Gasteiger charge is -2.35. The maximum atomic E-state index is 13.1. The van der Waals surface area contributed by atoms with Crippen LogP contribution >= 0.6 is 11.3 Å². The second-order valence-electron chi connectivity index (χ2n) is 10.5. The van der Waals surface area contributed by atoms with Crippen LogP contribution in [0.25, 0.3) is 10.1 Å². The first-order valence-corrected chi connectivity index (χ1v) is 13.1. The topological polar surface area (TPSA) is 62.3 Å². The molecular weight excluding hydrogens is 450 g/mol. The van der Waals surface area contributed by atoms with E-state index in [1.165, 1.54) is 11.3 Å². The number of nitrogens with zero attached hydrogens (tertiary/aromatic N) is 3. The summed E-state index contributed by atoms with van der Waals surface area (Å²) in [5, 5.41) is 1.04. The molecule has 0 aliphatic carbocycles. The van der Waals surface area contributed by atoms with Crippen LogP contribution in [0.15, 0.2) is 24.3 Å². The van der Waals surface area contributed by atoms with Gasteiger partial charge in [0.2, 0.25) is 0 Å². The molecule has 0 spiro atoms. The Morgan fingerprint density at radius 2 is 1.62 bits per heavy atom. The smallest absolute Gasteiger partial charge is 0.410 e. The fourth-order valence-corrected chi connectivity index (χ4v) is 5.49. The van der Waals surface area contributed by atoms with Gasteiger partial charge in [0.1, 0.15) is 17.5 Å². The van der Waals surface area contributed by atoms with Crippen LogP contribution in [0.5, 0.6) is 5.75 Å². The lowest BCUT2D eigenvalue weighted by Crippen LogP contribution is -2.51. The first-order chi connectivity index (χ1) is 16.1. The first-order valence-electron chi connectivity index (χ1n) is 12.3. The van der Waals surface area contributed by atoms with E-state index in [0.29, 0.717) is 32.2 Å². The van der Waals surface area contributed by atoms with Gasteiger partial charge in [0.15, 0.2) is 0 Å². The van der Waals surface area contributed by atoms with Gasteiger partial charge in [-0.15, -0.1) is 11.3 Å². The molecule has 1 aromatic heterocycles. The van der Waals surface area contributed by atoms with Crippen LogP contribution in [0.4, 0.5) is 4.79 Å².